The number of rotatable bonds is 4. The molecule has 2 N–H and O–H groups in total. The lowest BCUT2D eigenvalue weighted by molar-refractivity contribution is -0.115. The van der Waals surface area contributed by atoms with E-state index in [0.29, 0.717) is 5.69 Å². The highest BCUT2D eigenvalue weighted by Gasteiger charge is 2.10. The predicted molar refractivity (Wildman–Crippen MR) is 68.6 cm³/mol. The Labute approximate surface area is 109 Å². The largest absolute Gasteiger partial charge is 0.459 e. The van der Waals surface area contributed by atoms with E-state index in [1.807, 2.05) is 6.92 Å². The number of hydrogen-bond donors (Lipinski definition) is 2. The number of anilines is 1. The number of carbonyl (C=O) groups excluding carboxylic acids is 2. The van der Waals surface area contributed by atoms with Crippen LogP contribution in [0.4, 0.5) is 5.69 Å². The van der Waals surface area contributed by atoms with Crippen LogP contribution < -0.4 is 10.6 Å². The lowest BCUT2D eigenvalue weighted by atomic mass is 10.3. The van der Waals surface area contributed by atoms with Gasteiger partial charge in [-0.3, -0.25) is 14.6 Å². The summed E-state index contributed by atoms with van der Waals surface area (Å²) in [7, 11) is 0. The zero-order valence-electron chi connectivity index (χ0n) is 10.3. The van der Waals surface area contributed by atoms with Gasteiger partial charge in [-0.25, -0.2) is 0 Å². The fraction of sp³-hybridized carbons (Fsp3) is 0.154. The smallest absolute Gasteiger partial charge is 0.287 e. The SMILES string of the molecule is Cc1cc(NC(=O)CNC(=O)c2ccco2)ccn1. The summed E-state index contributed by atoms with van der Waals surface area (Å²) in [6.45, 7) is 1.70. The van der Waals surface area contributed by atoms with Crippen molar-refractivity contribution in [3.05, 3.63) is 48.2 Å². The van der Waals surface area contributed by atoms with Gasteiger partial charge in [0, 0.05) is 17.6 Å². The topological polar surface area (TPSA) is 84.2 Å². The van der Waals surface area contributed by atoms with Gasteiger partial charge < -0.3 is 15.1 Å². The summed E-state index contributed by atoms with van der Waals surface area (Å²) in [5.41, 5.74) is 1.45. The molecule has 0 fully saturated rings. The van der Waals surface area contributed by atoms with Crippen molar-refractivity contribution >= 4 is 17.5 Å². The van der Waals surface area contributed by atoms with E-state index < -0.39 is 5.91 Å². The number of nitrogens with one attached hydrogen (secondary N) is 2. The molecule has 0 bridgehead atoms. The molecule has 2 aromatic rings. The number of furan rings is 1. The first-order valence-electron chi connectivity index (χ1n) is 5.69. The number of aromatic nitrogens is 1. The second kappa shape index (κ2) is 5.81. The van der Waals surface area contributed by atoms with E-state index in [1.165, 1.54) is 12.3 Å². The summed E-state index contributed by atoms with van der Waals surface area (Å²) in [6, 6.07) is 6.56. The third kappa shape index (κ3) is 3.67. The molecule has 19 heavy (non-hydrogen) atoms. The summed E-state index contributed by atoms with van der Waals surface area (Å²) in [6.07, 6.45) is 3.00. The lowest BCUT2D eigenvalue weighted by Gasteiger charge is -2.06. The van der Waals surface area contributed by atoms with Crippen LogP contribution in [-0.2, 0) is 4.79 Å². The van der Waals surface area contributed by atoms with Gasteiger partial charge in [-0.05, 0) is 31.2 Å². The normalized spacial score (nSPS) is 9.95. The minimum absolute atomic E-state index is 0.124. The van der Waals surface area contributed by atoms with Gasteiger partial charge in [0.2, 0.25) is 5.91 Å². The van der Waals surface area contributed by atoms with E-state index in [4.69, 9.17) is 4.42 Å². The predicted octanol–water partition coefficient (Wildman–Crippen LogP) is 1.35. The maximum absolute atomic E-state index is 11.6. The zero-order chi connectivity index (χ0) is 13.7. The highest BCUT2D eigenvalue weighted by Crippen LogP contribution is 2.06. The van der Waals surface area contributed by atoms with Crippen LogP contribution in [0.3, 0.4) is 0 Å². The van der Waals surface area contributed by atoms with Crippen LogP contribution in [0.15, 0.2) is 41.1 Å². The molecule has 6 nitrogen and oxygen atoms in total. The third-order valence-electron chi connectivity index (χ3n) is 2.33. The van der Waals surface area contributed by atoms with Crippen molar-refractivity contribution in [1.29, 1.82) is 0 Å². The molecule has 0 aliphatic rings. The van der Waals surface area contributed by atoms with Crippen LogP contribution >= 0.6 is 0 Å². The van der Waals surface area contributed by atoms with Gasteiger partial charge in [-0.1, -0.05) is 0 Å². The van der Waals surface area contributed by atoms with Gasteiger partial charge in [0.1, 0.15) is 0 Å². The van der Waals surface area contributed by atoms with Crippen molar-refractivity contribution in [2.45, 2.75) is 6.92 Å². The molecule has 0 aliphatic carbocycles. The van der Waals surface area contributed by atoms with Gasteiger partial charge in [0.25, 0.3) is 5.91 Å². The Kier molecular flexibility index (Phi) is 3.92. The van der Waals surface area contributed by atoms with Gasteiger partial charge in [-0.15, -0.1) is 0 Å². The molecule has 2 rings (SSSR count). The van der Waals surface area contributed by atoms with Crippen molar-refractivity contribution in [1.82, 2.24) is 10.3 Å². The minimum Gasteiger partial charge on any atom is -0.459 e. The van der Waals surface area contributed by atoms with E-state index in [2.05, 4.69) is 15.6 Å². The van der Waals surface area contributed by atoms with Crippen molar-refractivity contribution in [3.63, 3.8) is 0 Å². The summed E-state index contributed by atoms with van der Waals surface area (Å²) in [5.74, 6) is -0.566. The quantitative estimate of drug-likeness (QED) is 0.868. The molecule has 0 saturated carbocycles. The summed E-state index contributed by atoms with van der Waals surface area (Å²) < 4.78 is 4.91. The number of nitrogens with zero attached hydrogens (tertiary/aromatic N) is 1. The van der Waals surface area contributed by atoms with E-state index in [1.54, 1.807) is 24.4 Å². The molecule has 6 heteroatoms. The molecule has 98 valence electrons. The average Bonchev–Trinajstić information content (AvgIpc) is 2.90. The Morgan fingerprint density at radius 2 is 2.21 bits per heavy atom. The third-order valence-corrected chi connectivity index (χ3v) is 2.33. The summed E-state index contributed by atoms with van der Waals surface area (Å²) in [5, 5.41) is 5.12. The zero-order valence-corrected chi connectivity index (χ0v) is 10.3. The van der Waals surface area contributed by atoms with Crippen LogP contribution in [-0.4, -0.2) is 23.3 Å². The Balaban J connectivity index is 1.83. The molecule has 0 spiro atoms. The monoisotopic (exact) mass is 259 g/mol. The maximum atomic E-state index is 11.6. The maximum Gasteiger partial charge on any atom is 0.287 e. The number of pyridine rings is 1. The highest BCUT2D eigenvalue weighted by molar-refractivity contribution is 5.97. The van der Waals surface area contributed by atoms with Gasteiger partial charge in [-0.2, -0.15) is 0 Å². The van der Waals surface area contributed by atoms with Gasteiger partial charge >= 0.3 is 0 Å². The van der Waals surface area contributed by atoms with Crippen molar-refractivity contribution in [2.24, 2.45) is 0 Å². The molecule has 0 radical (unpaired) electrons. The van der Waals surface area contributed by atoms with Gasteiger partial charge in [0.15, 0.2) is 5.76 Å². The Bertz CT molecular complexity index is 579. The lowest BCUT2D eigenvalue weighted by Crippen LogP contribution is -2.32. The van der Waals surface area contributed by atoms with Crippen LogP contribution in [0, 0.1) is 6.92 Å². The fourth-order valence-electron chi connectivity index (χ4n) is 1.48. The Hall–Kier alpha value is -2.63. The molecule has 2 amide bonds. The van der Waals surface area contributed by atoms with E-state index in [-0.39, 0.29) is 18.2 Å². The first kappa shape index (κ1) is 12.8. The number of hydrogen-bond acceptors (Lipinski definition) is 4. The molecular weight excluding hydrogens is 246 g/mol. The van der Waals surface area contributed by atoms with Crippen LogP contribution in [0.1, 0.15) is 16.2 Å². The number of carbonyl (C=O) groups is 2. The highest BCUT2D eigenvalue weighted by atomic mass is 16.3. The molecule has 0 aromatic carbocycles. The second-order valence-electron chi connectivity index (χ2n) is 3.89. The van der Waals surface area contributed by atoms with Gasteiger partial charge in [0.05, 0.1) is 12.8 Å². The first-order valence-corrected chi connectivity index (χ1v) is 5.69. The molecule has 2 aromatic heterocycles. The molecule has 0 aliphatic heterocycles. The Morgan fingerprint density at radius 3 is 2.89 bits per heavy atom. The molecular formula is C13H13N3O3. The fourth-order valence-corrected chi connectivity index (χ4v) is 1.48. The van der Waals surface area contributed by atoms with Crippen LogP contribution in [0.5, 0.6) is 0 Å². The first-order chi connectivity index (χ1) is 9.15. The summed E-state index contributed by atoms with van der Waals surface area (Å²) >= 11 is 0. The van der Waals surface area contributed by atoms with Crippen molar-refractivity contribution in [2.75, 3.05) is 11.9 Å². The van der Waals surface area contributed by atoms with Crippen molar-refractivity contribution in [3.8, 4) is 0 Å². The van der Waals surface area contributed by atoms with E-state index in [9.17, 15) is 9.59 Å². The standard InChI is InChI=1S/C13H13N3O3/c1-9-7-10(4-5-14-9)16-12(17)8-15-13(18)11-3-2-6-19-11/h2-7H,8H2,1H3,(H,15,18)(H,14,16,17). The van der Waals surface area contributed by atoms with E-state index in [0.717, 1.165) is 5.69 Å². The number of aryl methyl sites for hydroxylation is 1. The minimum atomic E-state index is -0.425. The Morgan fingerprint density at radius 1 is 1.37 bits per heavy atom. The molecule has 0 unspecified atom stereocenters. The molecule has 2 heterocycles. The summed E-state index contributed by atoms with van der Waals surface area (Å²) in [4.78, 5) is 27.2. The molecule has 0 saturated heterocycles. The van der Waals surface area contributed by atoms with E-state index >= 15 is 0 Å². The van der Waals surface area contributed by atoms with Crippen molar-refractivity contribution < 1.29 is 14.0 Å². The average molecular weight is 259 g/mol. The number of amides is 2. The van der Waals surface area contributed by atoms with Crippen LogP contribution in [0.25, 0.3) is 0 Å². The molecule has 0 atom stereocenters. The van der Waals surface area contributed by atoms with Crippen LogP contribution in [0.2, 0.25) is 0 Å². The second-order valence-corrected chi connectivity index (χ2v) is 3.89.